The van der Waals surface area contributed by atoms with Gasteiger partial charge in [0.2, 0.25) is 0 Å². The molecule has 0 heterocycles. The van der Waals surface area contributed by atoms with Gasteiger partial charge in [-0.3, -0.25) is 0 Å². The highest BCUT2D eigenvalue weighted by atomic mass is 28.4. The fraction of sp³-hybridized carbons (Fsp3) is 0.444. The molecule has 0 amide bonds. The van der Waals surface area contributed by atoms with Crippen molar-refractivity contribution in [3.63, 3.8) is 0 Å². The van der Waals surface area contributed by atoms with Gasteiger partial charge in [0.15, 0.2) is 0 Å². The second-order valence-corrected chi connectivity index (χ2v) is 12.2. The highest BCUT2D eigenvalue weighted by Crippen LogP contribution is 2.49. The van der Waals surface area contributed by atoms with Gasteiger partial charge in [-0.15, -0.1) is 0 Å². The van der Waals surface area contributed by atoms with Crippen molar-refractivity contribution in [3.8, 4) is 5.75 Å². The third kappa shape index (κ3) is 2.99. The Morgan fingerprint density at radius 2 is 1.33 bits per heavy atom. The summed E-state index contributed by atoms with van der Waals surface area (Å²) in [4.78, 5) is 11.3. The summed E-state index contributed by atoms with van der Waals surface area (Å²) in [5.74, 6) is 0.757. The van der Waals surface area contributed by atoms with E-state index in [1.807, 2.05) is 30.3 Å². The van der Waals surface area contributed by atoms with Crippen molar-refractivity contribution in [1.29, 1.82) is 0 Å². The third-order valence-corrected chi connectivity index (χ3v) is 8.62. The van der Waals surface area contributed by atoms with Gasteiger partial charge in [-0.2, -0.15) is 0 Å². The molecule has 3 heteroatoms. The average Bonchev–Trinajstić information content (AvgIpc) is 2.36. The number of benzene rings is 2. The summed E-state index contributed by atoms with van der Waals surface area (Å²) in [5.41, 5.74) is 0. The standard InChI is InChI=1S/C18H26O2Si/c1-17(2,3)21(19,18(4,5)6)20-16-12-11-14-9-7-8-10-15(14)13-16/h7-13,19H,1-6H3. The lowest BCUT2D eigenvalue weighted by atomic mass is 10.1. The second kappa shape index (κ2) is 5.15. The molecule has 1 N–H and O–H groups in total. The number of hydrogen-bond acceptors (Lipinski definition) is 2. The topological polar surface area (TPSA) is 29.5 Å². The summed E-state index contributed by atoms with van der Waals surface area (Å²) < 4.78 is 6.23. The van der Waals surface area contributed by atoms with Gasteiger partial charge >= 0.3 is 8.56 Å². The van der Waals surface area contributed by atoms with Crippen molar-refractivity contribution in [1.82, 2.24) is 0 Å². The smallest absolute Gasteiger partial charge is 0.407 e. The zero-order chi connectivity index (χ0) is 15.9. The van der Waals surface area contributed by atoms with E-state index in [9.17, 15) is 4.80 Å². The molecule has 0 saturated heterocycles. The van der Waals surface area contributed by atoms with Crippen LogP contribution in [-0.4, -0.2) is 13.4 Å². The van der Waals surface area contributed by atoms with Gasteiger partial charge in [-0.05, 0) is 22.9 Å². The van der Waals surface area contributed by atoms with E-state index in [0.717, 1.165) is 11.1 Å². The van der Waals surface area contributed by atoms with Gasteiger partial charge in [0, 0.05) is 10.1 Å². The van der Waals surface area contributed by atoms with Crippen molar-refractivity contribution in [2.45, 2.75) is 51.6 Å². The summed E-state index contributed by atoms with van der Waals surface area (Å²) in [6.45, 7) is 12.4. The molecular weight excluding hydrogens is 276 g/mol. The lowest BCUT2D eigenvalue weighted by Gasteiger charge is -2.45. The van der Waals surface area contributed by atoms with Crippen LogP contribution in [0.1, 0.15) is 41.5 Å². The van der Waals surface area contributed by atoms with Crippen LogP contribution in [0.5, 0.6) is 5.75 Å². The maximum Gasteiger partial charge on any atom is 0.407 e. The van der Waals surface area contributed by atoms with E-state index in [1.54, 1.807) is 0 Å². The highest BCUT2D eigenvalue weighted by Gasteiger charge is 2.57. The van der Waals surface area contributed by atoms with Crippen molar-refractivity contribution in [2.75, 3.05) is 0 Å². The Labute approximate surface area is 129 Å². The molecule has 0 spiro atoms. The van der Waals surface area contributed by atoms with E-state index >= 15 is 0 Å². The van der Waals surface area contributed by atoms with Gasteiger partial charge in [0.25, 0.3) is 0 Å². The van der Waals surface area contributed by atoms with Crippen molar-refractivity contribution in [3.05, 3.63) is 42.5 Å². The van der Waals surface area contributed by atoms with Crippen LogP contribution in [0.15, 0.2) is 42.5 Å². The molecular formula is C18H26O2Si. The molecule has 0 saturated carbocycles. The molecule has 0 radical (unpaired) electrons. The van der Waals surface area contributed by atoms with Crippen LogP contribution < -0.4 is 4.43 Å². The average molecular weight is 302 g/mol. The molecule has 0 aromatic heterocycles. The Bertz CT molecular complexity index is 621. The minimum atomic E-state index is -2.98. The van der Waals surface area contributed by atoms with Gasteiger partial charge in [0.1, 0.15) is 5.75 Å². The molecule has 2 rings (SSSR count). The first kappa shape index (κ1) is 16.1. The lowest BCUT2D eigenvalue weighted by molar-refractivity contribution is 0.284. The summed E-state index contributed by atoms with van der Waals surface area (Å²) in [5, 5.41) is 1.78. The van der Waals surface area contributed by atoms with Crippen LogP contribution in [0, 0.1) is 0 Å². The first-order valence-electron chi connectivity index (χ1n) is 7.45. The molecule has 0 aliphatic carbocycles. The minimum absolute atomic E-state index is 0.267. The van der Waals surface area contributed by atoms with E-state index in [4.69, 9.17) is 4.43 Å². The predicted molar refractivity (Wildman–Crippen MR) is 92.0 cm³/mol. The van der Waals surface area contributed by atoms with Crippen LogP contribution in [0.3, 0.4) is 0 Å². The van der Waals surface area contributed by atoms with Crippen LogP contribution in [0.25, 0.3) is 10.8 Å². The van der Waals surface area contributed by atoms with Gasteiger partial charge in [-0.1, -0.05) is 71.9 Å². The zero-order valence-electron chi connectivity index (χ0n) is 13.9. The molecule has 114 valence electrons. The normalized spacial score (nSPS) is 13.5. The lowest BCUT2D eigenvalue weighted by Crippen LogP contribution is -2.57. The Kier molecular flexibility index (Phi) is 3.93. The number of fused-ring (bicyclic) bond motifs is 1. The Morgan fingerprint density at radius 1 is 0.810 bits per heavy atom. The second-order valence-electron chi connectivity index (χ2n) is 7.76. The van der Waals surface area contributed by atoms with Gasteiger partial charge < -0.3 is 9.22 Å². The summed E-state index contributed by atoms with van der Waals surface area (Å²) >= 11 is 0. The largest absolute Gasteiger partial charge is 0.520 e. The third-order valence-electron chi connectivity index (χ3n) is 4.02. The van der Waals surface area contributed by atoms with Crippen molar-refractivity contribution >= 4 is 19.3 Å². The van der Waals surface area contributed by atoms with Gasteiger partial charge in [-0.25, -0.2) is 0 Å². The summed E-state index contributed by atoms with van der Waals surface area (Å²) in [6, 6.07) is 14.2. The molecule has 0 atom stereocenters. The maximum atomic E-state index is 11.3. The highest BCUT2D eigenvalue weighted by molar-refractivity contribution is 6.72. The van der Waals surface area contributed by atoms with E-state index in [-0.39, 0.29) is 10.1 Å². The molecule has 0 fully saturated rings. The fourth-order valence-corrected chi connectivity index (χ4v) is 6.16. The minimum Gasteiger partial charge on any atom is -0.520 e. The fourth-order valence-electron chi connectivity index (χ4n) is 2.83. The Morgan fingerprint density at radius 3 is 1.86 bits per heavy atom. The van der Waals surface area contributed by atoms with Crippen LogP contribution in [-0.2, 0) is 0 Å². The van der Waals surface area contributed by atoms with Crippen molar-refractivity contribution < 1.29 is 9.22 Å². The number of rotatable bonds is 2. The van der Waals surface area contributed by atoms with E-state index in [2.05, 4.69) is 53.7 Å². The molecule has 0 aliphatic heterocycles. The van der Waals surface area contributed by atoms with Crippen molar-refractivity contribution in [2.24, 2.45) is 0 Å². The van der Waals surface area contributed by atoms with Crippen LogP contribution in [0.4, 0.5) is 0 Å². The predicted octanol–water partition coefficient (Wildman–Crippen LogP) is 5.25. The molecule has 2 aromatic rings. The molecule has 21 heavy (non-hydrogen) atoms. The summed E-state index contributed by atoms with van der Waals surface area (Å²) in [7, 11) is -2.98. The SMILES string of the molecule is CC(C)(C)[Si](O)(Oc1ccc2ccccc2c1)C(C)(C)C. The Hall–Kier alpha value is -1.32. The Balaban J connectivity index is 2.44. The first-order valence-corrected chi connectivity index (χ1v) is 9.30. The molecule has 0 bridgehead atoms. The van der Waals surface area contributed by atoms with Crippen LogP contribution >= 0.6 is 0 Å². The first-order chi connectivity index (χ1) is 9.54. The van der Waals surface area contributed by atoms with E-state index in [1.165, 1.54) is 5.39 Å². The molecule has 2 aromatic carbocycles. The molecule has 0 unspecified atom stereocenters. The van der Waals surface area contributed by atoms with Crippen LogP contribution in [0.2, 0.25) is 10.1 Å². The van der Waals surface area contributed by atoms with E-state index in [0.29, 0.717) is 0 Å². The summed E-state index contributed by atoms with van der Waals surface area (Å²) in [6.07, 6.45) is 0. The number of hydrogen-bond donors (Lipinski definition) is 1. The molecule has 2 nitrogen and oxygen atoms in total. The monoisotopic (exact) mass is 302 g/mol. The zero-order valence-corrected chi connectivity index (χ0v) is 14.9. The van der Waals surface area contributed by atoms with Gasteiger partial charge in [0.05, 0.1) is 0 Å². The molecule has 0 aliphatic rings. The van der Waals surface area contributed by atoms with E-state index < -0.39 is 8.56 Å². The maximum absolute atomic E-state index is 11.3. The quantitative estimate of drug-likeness (QED) is 0.767.